The number of anilines is 1. The van der Waals surface area contributed by atoms with Crippen molar-refractivity contribution >= 4 is 17.6 Å². The lowest BCUT2D eigenvalue weighted by atomic mass is 9.98. The van der Waals surface area contributed by atoms with Crippen LogP contribution in [0.4, 0.5) is 5.82 Å². The predicted molar refractivity (Wildman–Crippen MR) is 119 cm³/mol. The van der Waals surface area contributed by atoms with Crippen molar-refractivity contribution in [3.05, 3.63) is 42.1 Å². The number of aromatic nitrogens is 1. The number of hydrogen-bond donors (Lipinski definition) is 1. The molecule has 1 saturated heterocycles. The first-order valence-corrected chi connectivity index (χ1v) is 11.0. The highest BCUT2D eigenvalue weighted by atomic mass is 16.5. The smallest absolute Gasteiger partial charge is 0.245 e. The summed E-state index contributed by atoms with van der Waals surface area (Å²) in [6.07, 6.45) is 6.62. The number of ether oxygens (including phenoxy) is 3. The van der Waals surface area contributed by atoms with Crippen LogP contribution < -0.4 is 19.5 Å². The molecule has 2 aliphatic rings. The van der Waals surface area contributed by atoms with Crippen molar-refractivity contribution in [1.82, 2.24) is 9.88 Å². The first-order valence-electron chi connectivity index (χ1n) is 11.0. The normalized spacial score (nSPS) is 18.6. The van der Waals surface area contributed by atoms with Gasteiger partial charge in [0.25, 0.3) is 0 Å². The van der Waals surface area contributed by atoms with Crippen LogP contribution in [0.1, 0.15) is 43.6 Å². The van der Waals surface area contributed by atoms with Gasteiger partial charge in [0, 0.05) is 31.1 Å². The molecule has 8 nitrogen and oxygen atoms in total. The van der Waals surface area contributed by atoms with Gasteiger partial charge in [0.1, 0.15) is 11.6 Å². The van der Waals surface area contributed by atoms with E-state index in [1.54, 1.807) is 37.4 Å². The number of benzene rings is 1. The highest BCUT2D eigenvalue weighted by molar-refractivity contribution is 5.94. The lowest BCUT2D eigenvalue weighted by molar-refractivity contribution is -0.131. The maximum atomic E-state index is 12.6. The van der Waals surface area contributed by atoms with Crippen LogP contribution in [0.2, 0.25) is 0 Å². The molecule has 1 aliphatic heterocycles. The van der Waals surface area contributed by atoms with E-state index in [1.807, 2.05) is 18.2 Å². The topological polar surface area (TPSA) is 90.0 Å². The van der Waals surface area contributed by atoms with E-state index in [1.165, 1.54) is 12.8 Å². The molecule has 1 unspecified atom stereocenters. The van der Waals surface area contributed by atoms with Gasteiger partial charge in [-0.15, -0.1) is 0 Å². The molecule has 8 heteroatoms. The SMILES string of the molecule is COc1ccnc(NC(=O)CN2CC(c3ccc(OC)c(OC4CCCC4)c3)CC2=O)c1. The zero-order valence-electron chi connectivity index (χ0n) is 18.5. The Morgan fingerprint density at radius 1 is 1.12 bits per heavy atom. The van der Waals surface area contributed by atoms with Gasteiger partial charge < -0.3 is 24.4 Å². The van der Waals surface area contributed by atoms with Gasteiger partial charge in [-0.05, 0) is 49.4 Å². The van der Waals surface area contributed by atoms with Gasteiger partial charge in [-0.3, -0.25) is 9.59 Å². The fourth-order valence-electron chi connectivity index (χ4n) is 4.34. The summed E-state index contributed by atoms with van der Waals surface area (Å²) in [5.74, 6) is 2.08. The van der Waals surface area contributed by atoms with Crippen molar-refractivity contribution in [2.24, 2.45) is 0 Å². The standard InChI is InChI=1S/C24H29N3O5/c1-30-19-9-10-25-22(13-19)26-23(28)15-27-14-17(12-24(27)29)16-7-8-20(31-2)21(11-16)32-18-5-3-4-6-18/h7-11,13,17-18H,3-6,12,14-15H2,1-2H3,(H,25,26,28). The van der Waals surface area contributed by atoms with Crippen molar-refractivity contribution in [3.63, 3.8) is 0 Å². The molecule has 170 valence electrons. The summed E-state index contributed by atoms with van der Waals surface area (Å²) in [6.45, 7) is 0.461. The van der Waals surface area contributed by atoms with Crippen LogP contribution >= 0.6 is 0 Å². The van der Waals surface area contributed by atoms with Crippen LogP contribution in [0.5, 0.6) is 17.2 Å². The molecule has 1 saturated carbocycles. The Kier molecular flexibility index (Phi) is 6.78. The number of nitrogens with zero attached hydrogens (tertiary/aromatic N) is 2. The second-order valence-corrected chi connectivity index (χ2v) is 8.24. The van der Waals surface area contributed by atoms with Gasteiger partial charge in [0.05, 0.1) is 26.9 Å². The van der Waals surface area contributed by atoms with Crippen LogP contribution in [0.3, 0.4) is 0 Å². The van der Waals surface area contributed by atoms with Crippen LogP contribution in [0, 0.1) is 0 Å². The minimum absolute atomic E-state index is 0.00192. The van der Waals surface area contributed by atoms with Crippen LogP contribution in [0.25, 0.3) is 0 Å². The fourth-order valence-corrected chi connectivity index (χ4v) is 4.34. The first-order chi connectivity index (χ1) is 15.6. The molecule has 0 spiro atoms. The summed E-state index contributed by atoms with van der Waals surface area (Å²) in [5, 5.41) is 2.72. The van der Waals surface area contributed by atoms with Gasteiger partial charge >= 0.3 is 0 Å². The third-order valence-corrected chi connectivity index (χ3v) is 6.04. The number of likely N-dealkylation sites (tertiary alicyclic amines) is 1. The predicted octanol–water partition coefficient (Wildman–Crippen LogP) is 3.37. The summed E-state index contributed by atoms with van der Waals surface area (Å²) in [6, 6.07) is 9.19. The molecule has 1 aliphatic carbocycles. The Hall–Kier alpha value is -3.29. The van der Waals surface area contributed by atoms with E-state index < -0.39 is 0 Å². The second-order valence-electron chi connectivity index (χ2n) is 8.24. The Labute approximate surface area is 187 Å². The van der Waals surface area contributed by atoms with E-state index in [9.17, 15) is 9.59 Å². The summed E-state index contributed by atoms with van der Waals surface area (Å²) < 4.78 is 16.8. The summed E-state index contributed by atoms with van der Waals surface area (Å²) in [7, 11) is 3.18. The molecule has 4 rings (SSSR count). The number of amides is 2. The van der Waals surface area contributed by atoms with Crippen LogP contribution in [0.15, 0.2) is 36.5 Å². The third kappa shape index (κ3) is 5.12. The minimum atomic E-state index is -0.292. The lowest BCUT2D eigenvalue weighted by Gasteiger charge is -2.19. The average Bonchev–Trinajstić information content (AvgIpc) is 3.43. The van der Waals surface area contributed by atoms with Gasteiger partial charge in [-0.2, -0.15) is 0 Å². The number of methoxy groups -OCH3 is 2. The molecule has 2 fully saturated rings. The molecule has 1 atom stereocenters. The Bertz CT molecular complexity index is 974. The molecule has 32 heavy (non-hydrogen) atoms. The Morgan fingerprint density at radius 3 is 2.69 bits per heavy atom. The third-order valence-electron chi connectivity index (χ3n) is 6.04. The Balaban J connectivity index is 1.39. The van der Waals surface area contributed by atoms with E-state index in [2.05, 4.69) is 10.3 Å². The van der Waals surface area contributed by atoms with E-state index in [0.717, 1.165) is 24.2 Å². The first kappa shape index (κ1) is 21.9. The zero-order chi connectivity index (χ0) is 22.5. The molecule has 2 aromatic rings. The molecule has 1 aromatic heterocycles. The van der Waals surface area contributed by atoms with Crippen molar-refractivity contribution < 1.29 is 23.8 Å². The van der Waals surface area contributed by atoms with Crippen molar-refractivity contribution in [2.75, 3.05) is 32.6 Å². The number of carbonyl (C=O) groups is 2. The number of rotatable bonds is 8. The highest BCUT2D eigenvalue weighted by Gasteiger charge is 2.32. The molecule has 2 heterocycles. The van der Waals surface area contributed by atoms with Gasteiger partial charge in [0.15, 0.2) is 11.5 Å². The number of pyridine rings is 1. The monoisotopic (exact) mass is 439 g/mol. The lowest BCUT2D eigenvalue weighted by Crippen LogP contribution is -2.34. The summed E-state index contributed by atoms with van der Waals surface area (Å²) in [4.78, 5) is 30.7. The maximum Gasteiger partial charge on any atom is 0.245 e. The van der Waals surface area contributed by atoms with Gasteiger partial charge in [0.2, 0.25) is 11.8 Å². The maximum absolute atomic E-state index is 12.6. The van der Waals surface area contributed by atoms with E-state index >= 15 is 0 Å². The van der Waals surface area contributed by atoms with E-state index in [4.69, 9.17) is 14.2 Å². The summed E-state index contributed by atoms with van der Waals surface area (Å²) in [5.41, 5.74) is 1.02. The summed E-state index contributed by atoms with van der Waals surface area (Å²) >= 11 is 0. The van der Waals surface area contributed by atoms with Crippen LogP contribution in [-0.2, 0) is 9.59 Å². The van der Waals surface area contributed by atoms with E-state index in [-0.39, 0.29) is 30.4 Å². The minimum Gasteiger partial charge on any atom is -0.497 e. The largest absolute Gasteiger partial charge is 0.497 e. The number of carbonyl (C=O) groups excluding carboxylic acids is 2. The van der Waals surface area contributed by atoms with Gasteiger partial charge in [-0.1, -0.05) is 6.07 Å². The fraction of sp³-hybridized carbons (Fsp3) is 0.458. The van der Waals surface area contributed by atoms with Crippen molar-refractivity contribution in [3.8, 4) is 17.2 Å². The molecule has 1 aromatic carbocycles. The molecular formula is C24H29N3O5. The zero-order valence-corrected chi connectivity index (χ0v) is 18.5. The second kappa shape index (κ2) is 9.89. The highest BCUT2D eigenvalue weighted by Crippen LogP contribution is 2.37. The number of nitrogens with one attached hydrogen (secondary N) is 1. The number of hydrogen-bond acceptors (Lipinski definition) is 6. The van der Waals surface area contributed by atoms with Gasteiger partial charge in [-0.25, -0.2) is 4.98 Å². The molecule has 1 N–H and O–H groups in total. The quantitative estimate of drug-likeness (QED) is 0.678. The molecule has 0 radical (unpaired) electrons. The van der Waals surface area contributed by atoms with Crippen molar-refractivity contribution in [1.29, 1.82) is 0 Å². The molecule has 2 amide bonds. The molecular weight excluding hydrogens is 410 g/mol. The van der Waals surface area contributed by atoms with Crippen LogP contribution in [-0.4, -0.2) is 55.1 Å². The van der Waals surface area contributed by atoms with Crippen molar-refractivity contribution in [2.45, 2.75) is 44.1 Å². The molecule has 0 bridgehead atoms. The van der Waals surface area contributed by atoms with E-state index in [0.29, 0.717) is 30.3 Å². The average molecular weight is 440 g/mol. The Morgan fingerprint density at radius 2 is 1.94 bits per heavy atom.